The Morgan fingerprint density at radius 2 is 1.41 bits per heavy atom. The summed E-state index contributed by atoms with van der Waals surface area (Å²) in [4.78, 5) is 24.2. The third-order valence-corrected chi connectivity index (χ3v) is 3.99. The summed E-state index contributed by atoms with van der Waals surface area (Å²) in [6, 6.07) is 13.7. The second-order valence-electron chi connectivity index (χ2n) is 6.25. The van der Waals surface area contributed by atoms with Crippen LogP contribution in [0.25, 0.3) is 0 Å². The molecule has 0 heterocycles. The molecule has 0 fully saturated rings. The van der Waals surface area contributed by atoms with Gasteiger partial charge in [0.15, 0.2) is 0 Å². The number of unbranched alkanes of at least 4 members (excludes halogenated alkanes) is 2. The van der Waals surface area contributed by atoms with Crippen LogP contribution in [0, 0.1) is 0 Å². The summed E-state index contributed by atoms with van der Waals surface area (Å²) in [6.07, 6.45) is 3.91. The topological polar surface area (TPSA) is 64.6 Å². The largest absolute Gasteiger partial charge is 0.494 e. The molecule has 0 aliphatic carbocycles. The Morgan fingerprint density at radius 1 is 0.815 bits per heavy atom. The summed E-state index contributed by atoms with van der Waals surface area (Å²) >= 11 is 0. The quantitative estimate of drug-likeness (QED) is 0.469. The van der Waals surface area contributed by atoms with Crippen LogP contribution in [0.3, 0.4) is 0 Å². The van der Waals surface area contributed by atoms with Gasteiger partial charge in [-0.05, 0) is 61.4 Å². The van der Waals surface area contributed by atoms with Gasteiger partial charge in [0.05, 0.1) is 18.8 Å². The van der Waals surface area contributed by atoms with E-state index in [0.29, 0.717) is 30.0 Å². The predicted molar refractivity (Wildman–Crippen MR) is 106 cm³/mol. The van der Waals surface area contributed by atoms with Crippen LogP contribution in [-0.2, 0) is 4.74 Å². The van der Waals surface area contributed by atoms with E-state index in [1.54, 1.807) is 48.5 Å². The molecule has 0 aromatic heterocycles. The molecular formula is C22H27NO4. The van der Waals surface area contributed by atoms with Gasteiger partial charge in [0.1, 0.15) is 5.75 Å². The first kappa shape index (κ1) is 20.5. The molecule has 2 aromatic rings. The van der Waals surface area contributed by atoms with Crippen molar-refractivity contribution in [3.63, 3.8) is 0 Å². The number of amides is 1. The summed E-state index contributed by atoms with van der Waals surface area (Å²) in [7, 11) is 0. The van der Waals surface area contributed by atoms with E-state index in [0.717, 1.165) is 31.4 Å². The molecule has 144 valence electrons. The zero-order chi connectivity index (χ0) is 19.5. The highest BCUT2D eigenvalue weighted by atomic mass is 16.5. The van der Waals surface area contributed by atoms with E-state index in [2.05, 4.69) is 12.2 Å². The van der Waals surface area contributed by atoms with Crippen LogP contribution < -0.4 is 10.1 Å². The molecule has 2 rings (SSSR count). The minimum absolute atomic E-state index is 0.214. The molecule has 0 aliphatic heterocycles. The van der Waals surface area contributed by atoms with E-state index in [1.807, 2.05) is 6.92 Å². The number of nitrogens with one attached hydrogen (secondary N) is 1. The lowest BCUT2D eigenvalue weighted by atomic mass is 10.1. The lowest BCUT2D eigenvalue weighted by molar-refractivity contribution is 0.0499. The Kier molecular flexibility index (Phi) is 8.36. The standard InChI is InChI=1S/C22H27NO4/c1-3-5-15-26-20-13-9-17(10-14-20)21(24)23-19-11-7-18(8-12-19)22(25)27-16-6-4-2/h7-14H,3-6,15-16H2,1-2H3,(H,23,24). The molecule has 0 atom stereocenters. The Hall–Kier alpha value is -2.82. The molecule has 0 saturated carbocycles. The third-order valence-electron chi connectivity index (χ3n) is 3.99. The minimum Gasteiger partial charge on any atom is -0.494 e. The van der Waals surface area contributed by atoms with Gasteiger partial charge in [-0.3, -0.25) is 4.79 Å². The molecule has 0 radical (unpaired) electrons. The number of esters is 1. The Balaban J connectivity index is 1.88. The molecule has 0 aliphatic rings. The van der Waals surface area contributed by atoms with E-state index >= 15 is 0 Å². The van der Waals surface area contributed by atoms with Crippen LogP contribution in [0.15, 0.2) is 48.5 Å². The monoisotopic (exact) mass is 369 g/mol. The highest BCUT2D eigenvalue weighted by Crippen LogP contribution is 2.16. The summed E-state index contributed by atoms with van der Waals surface area (Å²) in [5.74, 6) is 0.194. The lowest BCUT2D eigenvalue weighted by Gasteiger charge is -2.08. The first-order chi connectivity index (χ1) is 13.1. The smallest absolute Gasteiger partial charge is 0.338 e. The van der Waals surface area contributed by atoms with Crippen molar-refractivity contribution in [3.8, 4) is 5.75 Å². The normalized spacial score (nSPS) is 10.3. The number of ether oxygens (including phenoxy) is 2. The van der Waals surface area contributed by atoms with E-state index in [1.165, 1.54) is 0 Å². The van der Waals surface area contributed by atoms with Crippen LogP contribution in [-0.4, -0.2) is 25.1 Å². The Bertz CT molecular complexity index is 723. The van der Waals surface area contributed by atoms with E-state index < -0.39 is 0 Å². The first-order valence-electron chi connectivity index (χ1n) is 9.45. The van der Waals surface area contributed by atoms with E-state index in [-0.39, 0.29) is 11.9 Å². The second kappa shape index (κ2) is 11.0. The maximum atomic E-state index is 12.3. The van der Waals surface area contributed by atoms with Crippen LogP contribution in [0.4, 0.5) is 5.69 Å². The molecule has 27 heavy (non-hydrogen) atoms. The van der Waals surface area contributed by atoms with Crippen molar-refractivity contribution in [1.82, 2.24) is 0 Å². The number of benzene rings is 2. The van der Waals surface area contributed by atoms with Crippen LogP contribution in [0.1, 0.15) is 60.2 Å². The average molecular weight is 369 g/mol. The van der Waals surface area contributed by atoms with Crippen LogP contribution >= 0.6 is 0 Å². The second-order valence-corrected chi connectivity index (χ2v) is 6.25. The summed E-state index contributed by atoms with van der Waals surface area (Å²) in [6.45, 7) is 5.25. The van der Waals surface area contributed by atoms with Gasteiger partial charge in [-0.2, -0.15) is 0 Å². The molecular weight excluding hydrogens is 342 g/mol. The summed E-state index contributed by atoms with van der Waals surface area (Å²) < 4.78 is 10.8. The molecule has 5 heteroatoms. The predicted octanol–water partition coefficient (Wildman–Crippen LogP) is 5.07. The molecule has 1 amide bonds. The van der Waals surface area contributed by atoms with Gasteiger partial charge in [0.25, 0.3) is 5.91 Å². The zero-order valence-corrected chi connectivity index (χ0v) is 16.0. The third kappa shape index (κ3) is 6.77. The number of rotatable bonds is 10. The van der Waals surface area contributed by atoms with Gasteiger partial charge >= 0.3 is 5.97 Å². The molecule has 5 nitrogen and oxygen atoms in total. The highest BCUT2D eigenvalue weighted by Gasteiger charge is 2.09. The Morgan fingerprint density at radius 3 is 2.04 bits per heavy atom. The fourth-order valence-corrected chi connectivity index (χ4v) is 2.32. The van der Waals surface area contributed by atoms with Gasteiger partial charge in [-0.1, -0.05) is 26.7 Å². The fourth-order valence-electron chi connectivity index (χ4n) is 2.32. The van der Waals surface area contributed by atoms with Crippen molar-refractivity contribution >= 4 is 17.6 Å². The number of anilines is 1. The molecule has 2 aromatic carbocycles. The molecule has 1 N–H and O–H groups in total. The maximum absolute atomic E-state index is 12.3. The van der Waals surface area contributed by atoms with Gasteiger partial charge in [0, 0.05) is 11.3 Å². The molecule has 0 unspecified atom stereocenters. The van der Waals surface area contributed by atoms with E-state index in [9.17, 15) is 9.59 Å². The fraction of sp³-hybridized carbons (Fsp3) is 0.364. The van der Waals surface area contributed by atoms with Crippen LogP contribution in [0.2, 0.25) is 0 Å². The van der Waals surface area contributed by atoms with Crippen molar-refractivity contribution < 1.29 is 19.1 Å². The molecule has 0 bridgehead atoms. The Labute approximate surface area is 160 Å². The minimum atomic E-state index is -0.347. The number of hydrogen-bond acceptors (Lipinski definition) is 4. The summed E-state index contributed by atoms with van der Waals surface area (Å²) in [5.41, 5.74) is 1.63. The number of hydrogen-bond donors (Lipinski definition) is 1. The number of carbonyl (C=O) groups is 2. The van der Waals surface area contributed by atoms with Crippen molar-refractivity contribution in [2.24, 2.45) is 0 Å². The van der Waals surface area contributed by atoms with Gasteiger partial charge in [0.2, 0.25) is 0 Å². The lowest BCUT2D eigenvalue weighted by Crippen LogP contribution is -2.12. The van der Waals surface area contributed by atoms with Crippen molar-refractivity contribution in [2.45, 2.75) is 39.5 Å². The molecule has 0 spiro atoms. The van der Waals surface area contributed by atoms with Crippen molar-refractivity contribution in [1.29, 1.82) is 0 Å². The number of carbonyl (C=O) groups excluding carboxylic acids is 2. The maximum Gasteiger partial charge on any atom is 0.338 e. The summed E-state index contributed by atoms with van der Waals surface area (Å²) in [5, 5.41) is 2.82. The van der Waals surface area contributed by atoms with Gasteiger partial charge < -0.3 is 14.8 Å². The SMILES string of the molecule is CCCCOC(=O)c1ccc(NC(=O)c2ccc(OCCCC)cc2)cc1. The average Bonchev–Trinajstić information content (AvgIpc) is 2.69. The van der Waals surface area contributed by atoms with E-state index in [4.69, 9.17) is 9.47 Å². The van der Waals surface area contributed by atoms with Gasteiger partial charge in [-0.15, -0.1) is 0 Å². The van der Waals surface area contributed by atoms with Gasteiger partial charge in [-0.25, -0.2) is 4.79 Å². The highest BCUT2D eigenvalue weighted by molar-refractivity contribution is 6.04. The van der Waals surface area contributed by atoms with Crippen molar-refractivity contribution in [3.05, 3.63) is 59.7 Å². The molecule has 0 saturated heterocycles. The zero-order valence-electron chi connectivity index (χ0n) is 16.0. The van der Waals surface area contributed by atoms with Crippen LogP contribution in [0.5, 0.6) is 5.75 Å². The van der Waals surface area contributed by atoms with Crippen molar-refractivity contribution in [2.75, 3.05) is 18.5 Å². The first-order valence-corrected chi connectivity index (χ1v) is 9.45.